The highest BCUT2D eigenvalue weighted by molar-refractivity contribution is 6.19. The van der Waals surface area contributed by atoms with Gasteiger partial charge in [-0.2, -0.15) is 9.78 Å². The molecule has 0 N–H and O–H groups in total. The third-order valence-electron chi connectivity index (χ3n) is 7.79. The molecule has 2 aliphatic heterocycles. The maximum absolute atomic E-state index is 12.2. The summed E-state index contributed by atoms with van der Waals surface area (Å²) in [6.45, 7) is 26.6. The standard InChI is InChI=1S/C18H31NO6.C17H29NO6/c1-8-17(6,7)24-25-18(22-9-2,23-10-3)11-12-19-15(20)13(4)14(5)16(19)21;1-8-21-17(22-9-2,24-23-16(5,6)7)10-11-18-14(19)12(3)13(4)15(18)20/h8-12H2,1-7H3;8-11H2,1-7H3. The van der Waals surface area contributed by atoms with Crippen LogP contribution >= 0.6 is 0 Å². The quantitative estimate of drug-likeness (QED) is 0.0683. The molecule has 0 atom stereocenters. The van der Waals surface area contributed by atoms with Gasteiger partial charge in [-0.3, -0.25) is 29.0 Å². The molecular formula is C35H60N2O12. The van der Waals surface area contributed by atoms with E-state index in [4.69, 9.17) is 38.5 Å². The van der Waals surface area contributed by atoms with Crippen molar-refractivity contribution in [1.29, 1.82) is 0 Å². The van der Waals surface area contributed by atoms with Crippen molar-refractivity contribution in [3.8, 4) is 0 Å². The Balaban J connectivity index is 0.000000490. The van der Waals surface area contributed by atoms with Crippen molar-refractivity contribution in [2.24, 2.45) is 0 Å². The Labute approximate surface area is 292 Å². The maximum Gasteiger partial charge on any atom is 0.313 e. The molecule has 0 fully saturated rings. The number of imide groups is 2. The van der Waals surface area contributed by atoms with Crippen LogP contribution in [0.3, 0.4) is 0 Å². The van der Waals surface area contributed by atoms with Crippen LogP contribution in [0.2, 0.25) is 0 Å². The number of hydrogen-bond donors (Lipinski definition) is 0. The molecule has 282 valence electrons. The van der Waals surface area contributed by atoms with Crippen LogP contribution in [-0.4, -0.2) is 96.1 Å². The normalized spacial score (nSPS) is 16.4. The summed E-state index contributed by atoms with van der Waals surface area (Å²) in [4.78, 5) is 73.0. The van der Waals surface area contributed by atoms with Crippen LogP contribution in [0.1, 0.15) is 116 Å². The zero-order chi connectivity index (χ0) is 37.8. The first-order valence-corrected chi connectivity index (χ1v) is 17.1. The van der Waals surface area contributed by atoms with Crippen molar-refractivity contribution in [2.45, 2.75) is 139 Å². The molecule has 0 aromatic heterocycles. The van der Waals surface area contributed by atoms with Crippen molar-refractivity contribution in [3.05, 3.63) is 22.3 Å². The Morgan fingerprint density at radius 2 is 0.755 bits per heavy atom. The van der Waals surface area contributed by atoms with Gasteiger partial charge in [0.25, 0.3) is 23.6 Å². The van der Waals surface area contributed by atoms with E-state index in [0.717, 1.165) is 6.42 Å². The molecule has 2 heterocycles. The van der Waals surface area contributed by atoms with E-state index in [9.17, 15) is 19.2 Å². The number of amides is 4. The van der Waals surface area contributed by atoms with E-state index in [1.807, 2.05) is 55.4 Å². The summed E-state index contributed by atoms with van der Waals surface area (Å²) in [5.74, 6) is -4.12. The smallest absolute Gasteiger partial charge is 0.313 e. The Morgan fingerprint density at radius 3 is 1.00 bits per heavy atom. The van der Waals surface area contributed by atoms with Crippen molar-refractivity contribution in [2.75, 3.05) is 39.5 Å². The fourth-order valence-corrected chi connectivity index (χ4v) is 4.39. The summed E-state index contributed by atoms with van der Waals surface area (Å²) >= 11 is 0. The van der Waals surface area contributed by atoms with Gasteiger partial charge in [-0.1, -0.05) is 6.92 Å². The topological polar surface area (TPSA) is 149 Å². The number of nitrogens with zero attached hydrogens (tertiary/aromatic N) is 2. The first-order valence-electron chi connectivity index (χ1n) is 17.1. The third-order valence-corrected chi connectivity index (χ3v) is 7.79. The summed E-state index contributed by atoms with van der Waals surface area (Å²) in [5, 5.41) is 0. The largest absolute Gasteiger partial charge is 0.326 e. The van der Waals surface area contributed by atoms with Crippen LogP contribution in [0.5, 0.6) is 0 Å². The first kappa shape index (κ1) is 44.5. The minimum absolute atomic E-state index is 0.111. The Morgan fingerprint density at radius 1 is 0.469 bits per heavy atom. The van der Waals surface area contributed by atoms with Gasteiger partial charge in [0.2, 0.25) is 0 Å². The molecule has 0 spiro atoms. The van der Waals surface area contributed by atoms with Crippen LogP contribution in [0, 0.1) is 0 Å². The molecule has 14 nitrogen and oxygen atoms in total. The number of hydrogen-bond acceptors (Lipinski definition) is 12. The van der Waals surface area contributed by atoms with Gasteiger partial charge in [0.15, 0.2) is 0 Å². The fraction of sp³-hybridized carbons (Fsp3) is 0.771. The van der Waals surface area contributed by atoms with Gasteiger partial charge in [0.05, 0.1) is 24.0 Å². The molecule has 14 heteroatoms. The van der Waals surface area contributed by atoms with Crippen LogP contribution < -0.4 is 0 Å². The predicted octanol–water partition coefficient (Wildman–Crippen LogP) is 5.50. The second kappa shape index (κ2) is 19.2. The Hall–Kier alpha value is -2.56. The highest BCUT2D eigenvalue weighted by atomic mass is 17.3. The molecule has 0 bridgehead atoms. The van der Waals surface area contributed by atoms with Crippen LogP contribution in [0.25, 0.3) is 0 Å². The van der Waals surface area contributed by atoms with Crippen molar-refractivity contribution in [3.63, 3.8) is 0 Å². The van der Waals surface area contributed by atoms with Gasteiger partial charge in [-0.25, -0.2) is 9.78 Å². The van der Waals surface area contributed by atoms with Crippen LogP contribution in [0.4, 0.5) is 0 Å². The minimum atomic E-state index is -1.47. The second-order valence-electron chi connectivity index (χ2n) is 13.2. The average Bonchev–Trinajstić information content (AvgIpc) is 3.34. The van der Waals surface area contributed by atoms with Gasteiger partial charge >= 0.3 is 11.9 Å². The molecule has 0 saturated carbocycles. The highest BCUT2D eigenvalue weighted by Crippen LogP contribution is 2.29. The monoisotopic (exact) mass is 700 g/mol. The lowest BCUT2D eigenvalue weighted by atomic mass is 10.1. The van der Waals surface area contributed by atoms with Crippen LogP contribution in [-0.2, 0) is 57.7 Å². The van der Waals surface area contributed by atoms with E-state index in [2.05, 4.69) is 0 Å². The van der Waals surface area contributed by atoms with Gasteiger partial charge in [0, 0.05) is 61.8 Å². The van der Waals surface area contributed by atoms with E-state index in [1.54, 1.807) is 41.5 Å². The van der Waals surface area contributed by atoms with Crippen molar-refractivity contribution < 1.29 is 57.7 Å². The lowest BCUT2D eigenvalue weighted by molar-refractivity contribution is -0.529. The summed E-state index contributed by atoms with van der Waals surface area (Å²) in [5.41, 5.74) is 0.775. The summed E-state index contributed by atoms with van der Waals surface area (Å²) < 4.78 is 22.6. The summed E-state index contributed by atoms with van der Waals surface area (Å²) in [6.07, 6.45) is 1.02. The lowest BCUT2D eigenvalue weighted by Crippen LogP contribution is -2.46. The SMILES string of the molecule is CCOC(CCN1C(=O)C(C)=C(C)C1=O)(OCC)OOC(C)(C)C.CCOC(CCN1C(=O)C(C)=C(C)C1=O)(OCC)OOC(C)(C)CC. The van der Waals surface area contributed by atoms with E-state index in [0.29, 0.717) is 48.7 Å². The molecule has 0 radical (unpaired) electrons. The zero-order valence-electron chi connectivity index (χ0n) is 32.2. The van der Waals surface area contributed by atoms with Gasteiger partial charge < -0.3 is 18.9 Å². The molecule has 0 saturated heterocycles. The van der Waals surface area contributed by atoms with Crippen molar-refractivity contribution >= 4 is 23.6 Å². The zero-order valence-corrected chi connectivity index (χ0v) is 32.2. The highest BCUT2D eigenvalue weighted by Gasteiger charge is 2.42. The Kier molecular flexibility index (Phi) is 17.4. The number of carbonyl (C=O) groups excluding carboxylic acids is 4. The number of rotatable bonds is 20. The number of carbonyl (C=O) groups is 4. The fourth-order valence-electron chi connectivity index (χ4n) is 4.39. The first-order chi connectivity index (χ1) is 22.7. The molecule has 0 aliphatic carbocycles. The van der Waals surface area contributed by atoms with Crippen LogP contribution in [0.15, 0.2) is 22.3 Å². The third kappa shape index (κ3) is 12.6. The van der Waals surface area contributed by atoms with Gasteiger partial charge in [0.1, 0.15) is 0 Å². The molecule has 0 aromatic rings. The van der Waals surface area contributed by atoms with Crippen molar-refractivity contribution in [1.82, 2.24) is 9.80 Å². The molecule has 2 aliphatic rings. The molecule has 0 aromatic carbocycles. The van der Waals surface area contributed by atoms with Gasteiger partial charge in [-0.15, -0.1) is 0 Å². The van der Waals surface area contributed by atoms with E-state index < -0.39 is 23.1 Å². The molecule has 49 heavy (non-hydrogen) atoms. The number of ether oxygens (including phenoxy) is 4. The predicted molar refractivity (Wildman–Crippen MR) is 180 cm³/mol. The molecule has 0 unspecified atom stereocenters. The summed E-state index contributed by atoms with van der Waals surface area (Å²) in [7, 11) is 0. The minimum Gasteiger partial charge on any atom is -0.326 e. The Bertz CT molecular complexity index is 1160. The average molecular weight is 701 g/mol. The maximum atomic E-state index is 12.2. The van der Waals surface area contributed by atoms with Gasteiger partial charge in [-0.05, 0) is 96.4 Å². The molecule has 4 amide bonds. The van der Waals surface area contributed by atoms with E-state index in [-0.39, 0.29) is 49.6 Å². The molecule has 2 rings (SSSR count). The molecular weight excluding hydrogens is 640 g/mol. The second-order valence-corrected chi connectivity index (χ2v) is 13.2. The lowest BCUT2D eigenvalue weighted by Gasteiger charge is -2.35. The van der Waals surface area contributed by atoms with E-state index in [1.165, 1.54) is 9.80 Å². The summed E-state index contributed by atoms with van der Waals surface area (Å²) in [6, 6.07) is 0. The van der Waals surface area contributed by atoms with E-state index >= 15 is 0 Å².